The molecule has 0 radical (unpaired) electrons. The summed E-state index contributed by atoms with van der Waals surface area (Å²) in [5.74, 6) is -0.613. The maximum atomic E-state index is 11.7. The van der Waals surface area contributed by atoms with Crippen LogP contribution < -0.4 is 5.73 Å². The molecule has 4 N–H and O–H groups in total. The Hall–Kier alpha value is -1.39. The summed E-state index contributed by atoms with van der Waals surface area (Å²) in [5.41, 5.74) is 4.28. The van der Waals surface area contributed by atoms with E-state index in [0.29, 0.717) is 6.42 Å². The Balaban J connectivity index is 2.56. The Kier molecular flexibility index (Phi) is 4.87. The smallest absolute Gasteiger partial charge is 0.341 e. The second kappa shape index (κ2) is 5.98. The summed E-state index contributed by atoms with van der Waals surface area (Å²) >= 11 is 0. The average molecular weight is 252 g/mol. The lowest BCUT2D eigenvalue weighted by Crippen LogP contribution is -2.69. The molecule has 0 aliphatic rings. The lowest BCUT2D eigenvalue weighted by atomic mass is 10.0. The van der Waals surface area contributed by atoms with Crippen LogP contribution >= 0.6 is 0 Å². The van der Waals surface area contributed by atoms with Gasteiger partial charge >= 0.3 is 5.97 Å². The topological polar surface area (TPSA) is 74.2 Å². The molecular weight excluding hydrogens is 230 g/mol. The third kappa shape index (κ3) is 4.85. The van der Waals surface area contributed by atoms with Crippen molar-refractivity contribution in [3.63, 3.8) is 0 Å². The van der Waals surface area contributed by atoms with E-state index >= 15 is 0 Å². The molecule has 0 aromatic heterocycles. The lowest BCUT2D eigenvalue weighted by molar-refractivity contribution is -0.434. The van der Waals surface area contributed by atoms with Gasteiger partial charge in [0.15, 0.2) is 0 Å². The molecule has 0 aliphatic carbocycles. The molecule has 0 amide bonds. The maximum absolute atomic E-state index is 11.7. The molecule has 0 spiro atoms. The fraction of sp³-hybridized carbons (Fsp3) is 0.500. The van der Waals surface area contributed by atoms with Crippen molar-refractivity contribution >= 4 is 5.97 Å². The fourth-order valence-corrected chi connectivity index (χ4v) is 1.58. The summed E-state index contributed by atoms with van der Waals surface area (Å²) in [7, 11) is 0. The number of rotatable bonds is 4. The van der Waals surface area contributed by atoms with E-state index < -0.39 is 23.7 Å². The number of carbonyl (C=O) groups excluding carboxylic acids is 1. The highest BCUT2D eigenvalue weighted by Gasteiger charge is 2.30. The molecule has 100 valence electrons. The molecule has 1 rings (SSSR count). The van der Waals surface area contributed by atoms with E-state index in [1.54, 1.807) is 20.8 Å². The number of hydrogen-bond acceptors (Lipinski definition) is 3. The van der Waals surface area contributed by atoms with Crippen LogP contribution in [0.5, 0.6) is 0 Å². The monoisotopic (exact) mass is 252 g/mol. The molecule has 2 atom stereocenters. The Morgan fingerprint density at radius 1 is 1.33 bits per heavy atom. The van der Waals surface area contributed by atoms with Crippen molar-refractivity contribution in [1.82, 2.24) is 0 Å². The summed E-state index contributed by atoms with van der Waals surface area (Å²) < 4.78 is 5.13. The van der Waals surface area contributed by atoms with Gasteiger partial charge in [-0.15, -0.1) is 0 Å². The number of esters is 1. The number of ether oxygens (including phenoxy) is 1. The molecular formula is C14H22NO3+. The molecule has 0 bridgehead atoms. The number of quaternary nitrogens is 1. The zero-order valence-corrected chi connectivity index (χ0v) is 11.2. The van der Waals surface area contributed by atoms with Crippen molar-refractivity contribution in [2.45, 2.75) is 44.9 Å². The Bertz CT molecular complexity index is 384. The van der Waals surface area contributed by atoms with Crippen LogP contribution in [0.3, 0.4) is 0 Å². The van der Waals surface area contributed by atoms with Crippen molar-refractivity contribution in [2.24, 2.45) is 0 Å². The zero-order valence-electron chi connectivity index (χ0n) is 11.2. The van der Waals surface area contributed by atoms with Crippen molar-refractivity contribution in [3.05, 3.63) is 35.9 Å². The number of carbonyl (C=O) groups is 1. The van der Waals surface area contributed by atoms with Gasteiger partial charge in [0.05, 0.1) is 0 Å². The summed E-state index contributed by atoms with van der Waals surface area (Å²) in [4.78, 5) is 11.7. The van der Waals surface area contributed by atoms with Crippen molar-refractivity contribution in [1.29, 1.82) is 0 Å². The second-order valence-corrected chi connectivity index (χ2v) is 5.43. The maximum Gasteiger partial charge on any atom is 0.341 e. The standard InChI is InChI=1S/C14H21NO3/c1-14(2,3)18-13(17)12(16)11(15)9-10-7-5-4-6-8-10/h4-8,11-12,16H,9,15H2,1-3H3/p+1. The molecule has 0 aliphatic heterocycles. The molecule has 18 heavy (non-hydrogen) atoms. The van der Waals surface area contributed by atoms with Crippen LogP contribution in [0.2, 0.25) is 0 Å². The predicted molar refractivity (Wildman–Crippen MR) is 68.7 cm³/mol. The van der Waals surface area contributed by atoms with Gasteiger partial charge in [-0.05, 0) is 26.3 Å². The van der Waals surface area contributed by atoms with E-state index in [-0.39, 0.29) is 0 Å². The third-order valence-electron chi connectivity index (χ3n) is 2.44. The van der Waals surface area contributed by atoms with E-state index in [2.05, 4.69) is 5.73 Å². The first-order chi connectivity index (χ1) is 8.29. The highest BCUT2D eigenvalue weighted by Crippen LogP contribution is 2.10. The Labute approximate surface area is 108 Å². The van der Waals surface area contributed by atoms with Gasteiger partial charge in [0.1, 0.15) is 11.6 Å². The van der Waals surface area contributed by atoms with Gasteiger partial charge in [-0.25, -0.2) is 4.79 Å². The second-order valence-electron chi connectivity index (χ2n) is 5.43. The highest BCUT2D eigenvalue weighted by atomic mass is 16.6. The van der Waals surface area contributed by atoms with Gasteiger partial charge in [-0.3, -0.25) is 0 Å². The van der Waals surface area contributed by atoms with Crippen LogP contribution in [0.25, 0.3) is 0 Å². The first-order valence-electron chi connectivity index (χ1n) is 6.07. The van der Waals surface area contributed by atoms with Crippen molar-refractivity contribution < 1.29 is 20.4 Å². The van der Waals surface area contributed by atoms with Crippen LogP contribution in [0.4, 0.5) is 0 Å². The minimum atomic E-state index is -1.19. The first kappa shape index (κ1) is 14.7. The molecule has 0 fully saturated rings. The number of hydrogen-bond donors (Lipinski definition) is 2. The van der Waals surface area contributed by atoms with Crippen LogP contribution in [0.1, 0.15) is 26.3 Å². The van der Waals surface area contributed by atoms with Crippen LogP contribution in [-0.2, 0) is 16.0 Å². The summed E-state index contributed by atoms with van der Waals surface area (Å²) in [6.07, 6.45) is -0.647. The third-order valence-corrected chi connectivity index (χ3v) is 2.44. The van der Waals surface area contributed by atoms with Gasteiger partial charge in [-0.2, -0.15) is 0 Å². The van der Waals surface area contributed by atoms with Gasteiger partial charge in [0.2, 0.25) is 6.10 Å². The zero-order chi connectivity index (χ0) is 13.8. The van der Waals surface area contributed by atoms with E-state index in [0.717, 1.165) is 5.56 Å². The van der Waals surface area contributed by atoms with E-state index in [1.165, 1.54) is 0 Å². The largest absolute Gasteiger partial charge is 0.458 e. The van der Waals surface area contributed by atoms with E-state index in [9.17, 15) is 9.90 Å². The minimum Gasteiger partial charge on any atom is -0.458 e. The first-order valence-corrected chi connectivity index (χ1v) is 6.07. The Morgan fingerprint density at radius 3 is 2.39 bits per heavy atom. The molecule has 1 aromatic rings. The van der Waals surface area contributed by atoms with Crippen LogP contribution in [-0.4, -0.2) is 28.8 Å². The summed E-state index contributed by atoms with van der Waals surface area (Å²) in [6, 6.07) is 9.23. The molecule has 0 heterocycles. The lowest BCUT2D eigenvalue weighted by Gasteiger charge is -2.23. The van der Waals surface area contributed by atoms with Crippen LogP contribution in [0, 0.1) is 0 Å². The van der Waals surface area contributed by atoms with E-state index in [1.807, 2.05) is 30.3 Å². The van der Waals surface area contributed by atoms with Gasteiger partial charge in [-0.1, -0.05) is 30.3 Å². The quantitative estimate of drug-likeness (QED) is 0.768. The number of aliphatic hydroxyl groups excluding tert-OH is 1. The molecule has 2 unspecified atom stereocenters. The number of benzene rings is 1. The van der Waals surface area contributed by atoms with Crippen molar-refractivity contribution in [2.75, 3.05) is 0 Å². The summed E-state index contributed by atoms with van der Waals surface area (Å²) in [6.45, 7) is 5.31. The fourth-order valence-electron chi connectivity index (χ4n) is 1.58. The molecule has 0 saturated heterocycles. The van der Waals surface area contributed by atoms with Gasteiger partial charge in [0.25, 0.3) is 0 Å². The molecule has 0 saturated carbocycles. The van der Waals surface area contributed by atoms with Gasteiger partial charge < -0.3 is 15.6 Å². The highest BCUT2D eigenvalue weighted by molar-refractivity contribution is 5.75. The predicted octanol–water partition coefficient (Wildman–Crippen LogP) is 0.542. The SMILES string of the molecule is CC(C)(C)OC(=O)C(O)C([NH3+])Cc1ccccc1. The number of aliphatic hydroxyl groups is 1. The molecule has 4 nitrogen and oxygen atoms in total. The van der Waals surface area contributed by atoms with E-state index in [4.69, 9.17) is 4.74 Å². The minimum absolute atomic E-state index is 0.415. The van der Waals surface area contributed by atoms with Gasteiger partial charge in [0, 0.05) is 6.42 Å². The normalized spacial score (nSPS) is 14.9. The molecule has 1 aromatic carbocycles. The molecule has 4 heteroatoms. The summed E-state index contributed by atoms with van der Waals surface area (Å²) in [5, 5.41) is 9.87. The van der Waals surface area contributed by atoms with Crippen LogP contribution in [0.15, 0.2) is 30.3 Å². The average Bonchev–Trinajstić information content (AvgIpc) is 2.27. The van der Waals surface area contributed by atoms with Crippen molar-refractivity contribution in [3.8, 4) is 0 Å². The Morgan fingerprint density at radius 2 is 1.89 bits per heavy atom.